The largest absolute Gasteiger partial charge is 0.345 e. The van der Waals surface area contributed by atoms with Crippen LogP contribution < -0.4 is 0 Å². The molecule has 1 aromatic carbocycles. The van der Waals surface area contributed by atoms with Gasteiger partial charge in [-0.05, 0) is 12.1 Å². The average Bonchev–Trinajstić information content (AvgIpc) is 2.80. The van der Waals surface area contributed by atoms with Gasteiger partial charge in [0.2, 0.25) is 0 Å². The molecule has 72 valence electrons. The summed E-state index contributed by atoms with van der Waals surface area (Å²) < 4.78 is 0. The Morgan fingerprint density at radius 3 is 2.33 bits per heavy atom. The zero-order valence-electron chi connectivity index (χ0n) is 8.30. The standard InChI is InChI=1S/C7H6N2.C5H5B/c1-2-4-7-6(3-1)8-5-9-7;1-2-4-6-5-3-1/h1-5H,(H,8,9);1-5H. The van der Waals surface area contributed by atoms with Crippen LogP contribution in [-0.2, 0) is 0 Å². The Hall–Kier alpha value is -1.90. The molecule has 0 saturated carbocycles. The summed E-state index contributed by atoms with van der Waals surface area (Å²) in [5, 5.41) is 0. The Balaban J connectivity index is 0.000000124. The zero-order chi connectivity index (χ0) is 10.3. The van der Waals surface area contributed by atoms with Gasteiger partial charge < -0.3 is 4.98 Å². The summed E-state index contributed by atoms with van der Waals surface area (Å²) in [6.07, 6.45) is 1.70. The van der Waals surface area contributed by atoms with Gasteiger partial charge in [0, 0.05) is 0 Å². The molecule has 2 nitrogen and oxygen atoms in total. The van der Waals surface area contributed by atoms with Gasteiger partial charge in [0.05, 0.1) is 17.4 Å². The van der Waals surface area contributed by atoms with Crippen LogP contribution in [0.4, 0.5) is 0 Å². The Kier molecular flexibility index (Phi) is 3.28. The summed E-state index contributed by atoms with van der Waals surface area (Å²) in [5.74, 6) is 4.00. The van der Waals surface area contributed by atoms with E-state index in [1.165, 1.54) is 0 Å². The molecule has 0 radical (unpaired) electrons. The molecule has 0 bridgehead atoms. The molecule has 2 heterocycles. The number of H-pyrrole nitrogens is 1. The first-order chi connectivity index (χ1) is 7.47. The van der Waals surface area contributed by atoms with Crippen LogP contribution in [0.5, 0.6) is 0 Å². The number of hydrogen-bond donors (Lipinski definition) is 1. The fourth-order valence-electron chi connectivity index (χ4n) is 1.26. The number of rotatable bonds is 0. The SMILES string of the molecule is b1ccccc1.c1ccc2[nH]cnc2c1. The second-order valence-corrected chi connectivity index (χ2v) is 3.07. The molecule has 15 heavy (non-hydrogen) atoms. The molecular weight excluding hydrogens is 183 g/mol. The van der Waals surface area contributed by atoms with Crippen LogP contribution in [0.3, 0.4) is 0 Å². The number of para-hydroxylation sites is 2. The predicted octanol–water partition coefficient (Wildman–Crippen LogP) is 2.59. The van der Waals surface area contributed by atoms with Crippen molar-refractivity contribution in [3.8, 4) is 0 Å². The van der Waals surface area contributed by atoms with E-state index in [9.17, 15) is 0 Å². The minimum atomic E-state index is 1.03. The summed E-state index contributed by atoms with van der Waals surface area (Å²) in [7, 11) is 0. The van der Waals surface area contributed by atoms with Crippen molar-refractivity contribution in [1.82, 2.24) is 9.97 Å². The van der Waals surface area contributed by atoms with E-state index in [1.807, 2.05) is 61.3 Å². The monoisotopic (exact) mass is 194 g/mol. The quantitative estimate of drug-likeness (QED) is 0.585. The van der Waals surface area contributed by atoms with Gasteiger partial charge in [-0.25, -0.2) is 4.98 Å². The molecule has 0 unspecified atom stereocenters. The molecular formula is C12H11BN2. The van der Waals surface area contributed by atoms with Crippen LogP contribution >= 0.6 is 0 Å². The maximum atomic E-state index is 4.06. The molecule has 0 saturated heterocycles. The summed E-state index contributed by atoms with van der Waals surface area (Å²) in [5.41, 5.74) is 2.12. The van der Waals surface area contributed by atoms with Crippen LogP contribution in [0.25, 0.3) is 11.0 Å². The molecule has 3 aromatic rings. The van der Waals surface area contributed by atoms with Gasteiger partial charge in [0.15, 0.2) is 0 Å². The summed E-state index contributed by atoms with van der Waals surface area (Å²) >= 11 is 0. The molecule has 0 atom stereocenters. The minimum Gasteiger partial charge on any atom is -0.345 e. The van der Waals surface area contributed by atoms with Crippen molar-refractivity contribution in [3.63, 3.8) is 0 Å². The number of benzene rings is 1. The van der Waals surface area contributed by atoms with E-state index in [0.717, 1.165) is 11.0 Å². The van der Waals surface area contributed by atoms with E-state index in [4.69, 9.17) is 0 Å². The fraction of sp³-hybridized carbons (Fsp3) is 0. The first kappa shape index (κ1) is 9.65. The normalized spacial score (nSPS) is 9.07. The Morgan fingerprint density at radius 2 is 1.73 bits per heavy atom. The van der Waals surface area contributed by atoms with Gasteiger partial charge in [0.1, 0.15) is 0 Å². The molecule has 0 fully saturated rings. The smallest absolute Gasteiger partial charge is 0.0931 e. The van der Waals surface area contributed by atoms with Crippen molar-refractivity contribution >= 4 is 17.9 Å². The van der Waals surface area contributed by atoms with Crippen LogP contribution in [0.2, 0.25) is 0 Å². The number of fused-ring (bicyclic) bond motifs is 1. The van der Waals surface area contributed by atoms with Gasteiger partial charge in [0.25, 0.3) is 0 Å². The van der Waals surface area contributed by atoms with E-state index in [0.29, 0.717) is 0 Å². The minimum absolute atomic E-state index is 1.03. The zero-order valence-corrected chi connectivity index (χ0v) is 8.30. The van der Waals surface area contributed by atoms with E-state index < -0.39 is 0 Å². The third-order valence-electron chi connectivity index (χ3n) is 1.99. The number of aromatic amines is 1. The number of imidazole rings is 1. The maximum absolute atomic E-state index is 4.06. The topological polar surface area (TPSA) is 28.7 Å². The van der Waals surface area contributed by atoms with Gasteiger partial charge in [-0.15, -0.1) is 0 Å². The Bertz CT molecular complexity index is 448. The van der Waals surface area contributed by atoms with Crippen molar-refractivity contribution in [1.29, 1.82) is 0 Å². The molecule has 3 rings (SSSR count). The number of nitrogens with one attached hydrogen (secondary N) is 1. The molecule has 0 aliphatic rings. The number of nitrogens with zero attached hydrogens (tertiary/aromatic N) is 1. The van der Waals surface area contributed by atoms with Crippen LogP contribution in [0, 0.1) is 0 Å². The van der Waals surface area contributed by atoms with Crippen LogP contribution in [0.15, 0.2) is 60.7 Å². The Labute approximate surface area is 89.2 Å². The molecule has 1 N–H and O–H groups in total. The van der Waals surface area contributed by atoms with Gasteiger partial charge in [-0.3, -0.25) is 0 Å². The van der Waals surface area contributed by atoms with Crippen molar-refractivity contribution in [2.75, 3.05) is 0 Å². The van der Waals surface area contributed by atoms with Gasteiger partial charge in [-0.1, -0.05) is 12.1 Å². The van der Waals surface area contributed by atoms with E-state index in [1.54, 1.807) is 6.33 Å². The second kappa shape index (κ2) is 5.10. The van der Waals surface area contributed by atoms with E-state index >= 15 is 0 Å². The molecule has 0 aliphatic carbocycles. The van der Waals surface area contributed by atoms with Gasteiger partial charge in [-0.2, -0.15) is 0 Å². The predicted molar refractivity (Wildman–Crippen MR) is 63.9 cm³/mol. The first-order valence-corrected chi connectivity index (χ1v) is 4.85. The molecule has 0 aliphatic heterocycles. The number of hydrogen-bond acceptors (Lipinski definition) is 1. The summed E-state index contributed by atoms with van der Waals surface area (Å²) in [4.78, 5) is 7.07. The summed E-state index contributed by atoms with van der Waals surface area (Å²) in [6.45, 7) is 2.00. The Morgan fingerprint density at radius 1 is 0.933 bits per heavy atom. The van der Waals surface area contributed by atoms with Crippen molar-refractivity contribution in [2.24, 2.45) is 0 Å². The summed E-state index contributed by atoms with van der Waals surface area (Å²) in [6, 6.07) is 13.9. The van der Waals surface area contributed by atoms with Crippen LogP contribution in [-0.4, -0.2) is 16.9 Å². The van der Waals surface area contributed by atoms with Crippen molar-refractivity contribution < 1.29 is 0 Å². The third-order valence-corrected chi connectivity index (χ3v) is 1.99. The van der Waals surface area contributed by atoms with Crippen molar-refractivity contribution in [2.45, 2.75) is 0 Å². The molecule has 0 spiro atoms. The van der Waals surface area contributed by atoms with E-state index in [-0.39, 0.29) is 0 Å². The molecule has 0 amide bonds. The van der Waals surface area contributed by atoms with E-state index in [2.05, 4.69) is 9.97 Å². The average molecular weight is 194 g/mol. The third kappa shape index (κ3) is 2.77. The van der Waals surface area contributed by atoms with Crippen LogP contribution in [0.1, 0.15) is 0 Å². The van der Waals surface area contributed by atoms with Gasteiger partial charge >= 0.3 is 37.0 Å². The number of aromatic nitrogens is 2. The molecule has 3 heteroatoms. The van der Waals surface area contributed by atoms with Crippen molar-refractivity contribution in [3.05, 3.63) is 60.7 Å². The second-order valence-electron chi connectivity index (χ2n) is 3.07. The fourth-order valence-corrected chi connectivity index (χ4v) is 1.26. The maximum Gasteiger partial charge on any atom is 0.0931 e. The molecule has 2 aromatic heterocycles. The first-order valence-electron chi connectivity index (χ1n) is 4.85.